The Hall–Kier alpha value is -4.19. The molecule has 0 fully saturated rings. The van der Waals surface area contributed by atoms with E-state index in [2.05, 4.69) is 17.2 Å². The molecule has 1 unspecified atom stereocenters. The number of rotatable bonds is 5. The molecule has 6 nitrogen and oxygen atoms in total. The van der Waals surface area contributed by atoms with Gasteiger partial charge in [0.1, 0.15) is 17.7 Å². The number of aryl methyl sites for hydroxylation is 1. The van der Waals surface area contributed by atoms with Crippen molar-refractivity contribution in [2.24, 2.45) is 0 Å². The standard InChI is InChI=1S/C27H23N3O3/c1-2-18-10-12-19(13-11-18)27(32)29-16-20-15-24-22(17-30(20)25-9-5-6-14-28-25)26(31)21-7-3-4-8-23(21)33-24/h3-15,17,24H,2,16H2,1H3,(H,29,32). The molecule has 0 spiro atoms. The number of ether oxygens (including phenoxy) is 1. The van der Waals surface area contributed by atoms with Gasteiger partial charge in [0, 0.05) is 23.7 Å². The molecule has 6 heteroatoms. The van der Waals surface area contributed by atoms with Crippen molar-refractivity contribution in [3.63, 3.8) is 0 Å². The smallest absolute Gasteiger partial charge is 0.251 e. The molecule has 1 amide bonds. The molecule has 2 aliphatic heterocycles. The number of anilines is 1. The summed E-state index contributed by atoms with van der Waals surface area (Å²) < 4.78 is 6.11. The van der Waals surface area contributed by atoms with Crippen molar-refractivity contribution in [3.05, 3.63) is 113 Å². The fourth-order valence-electron chi connectivity index (χ4n) is 3.99. The largest absolute Gasteiger partial charge is 0.481 e. The molecule has 3 aromatic rings. The van der Waals surface area contributed by atoms with Gasteiger partial charge in [0.25, 0.3) is 5.91 Å². The Kier molecular flexibility index (Phi) is 5.48. The summed E-state index contributed by atoms with van der Waals surface area (Å²) in [4.78, 5) is 32.2. The monoisotopic (exact) mass is 437 g/mol. The van der Waals surface area contributed by atoms with Crippen molar-refractivity contribution >= 4 is 17.5 Å². The molecule has 0 aliphatic carbocycles. The zero-order valence-electron chi connectivity index (χ0n) is 18.2. The Morgan fingerprint density at radius 1 is 1.06 bits per heavy atom. The zero-order chi connectivity index (χ0) is 22.8. The SMILES string of the molecule is CCc1ccc(C(=O)NCC2=CC3Oc4ccccc4C(=O)C3=CN2c2ccccn2)cc1. The van der Waals surface area contributed by atoms with Crippen LogP contribution >= 0.6 is 0 Å². The van der Waals surface area contributed by atoms with Gasteiger partial charge in [-0.2, -0.15) is 0 Å². The Morgan fingerprint density at radius 3 is 2.61 bits per heavy atom. The van der Waals surface area contributed by atoms with Crippen LogP contribution in [0, 0.1) is 0 Å². The number of amides is 1. The van der Waals surface area contributed by atoms with Crippen molar-refractivity contribution in [1.29, 1.82) is 0 Å². The molecule has 0 radical (unpaired) electrons. The van der Waals surface area contributed by atoms with E-state index in [9.17, 15) is 9.59 Å². The molecule has 1 atom stereocenters. The van der Waals surface area contributed by atoms with Gasteiger partial charge in [0.15, 0.2) is 5.78 Å². The highest BCUT2D eigenvalue weighted by atomic mass is 16.5. The summed E-state index contributed by atoms with van der Waals surface area (Å²) in [6.07, 6.45) is 5.73. The van der Waals surface area contributed by atoms with E-state index in [4.69, 9.17) is 4.74 Å². The minimum absolute atomic E-state index is 0.0712. The van der Waals surface area contributed by atoms with Gasteiger partial charge in [-0.05, 0) is 54.5 Å². The molecule has 5 rings (SSSR count). The topological polar surface area (TPSA) is 71.5 Å². The van der Waals surface area contributed by atoms with Gasteiger partial charge < -0.3 is 15.0 Å². The van der Waals surface area contributed by atoms with Crippen molar-refractivity contribution in [1.82, 2.24) is 10.3 Å². The quantitative estimate of drug-likeness (QED) is 0.644. The van der Waals surface area contributed by atoms with Crippen LogP contribution in [-0.4, -0.2) is 29.3 Å². The molecular formula is C27H23N3O3. The van der Waals surface area contributed by atoms with E-state index in [1.54, 1.807) is 24.5 Å². The number of carbonyl (C=O) groups is 2. The molecule has 33 heavy (non-hydrogen) atoms. The number of fused-ring (bicyclic) bond motifs is 2. The van der Waals surface area contributed by atoms with Gasteiger partial charge >= 0.3 is 0 Å². The number of pyridine rings is 1. The summed E-state index contributed by atoms with van der Waals surface area (Å²) in [6, 6.07) is 20.4. The molecule has 0 bridgehead atoms. The summed E-state index contributed by atoms with van der Waals surface area (Å²) in [6.45, 7) is 2.33. The Labute approximate surface area is 192 Å². The molecule has 2 aliphatic rings. The first-order valence-electron chi connectivity index (χ1n) is 10.9. The summed E-state index contributed by atoms with van der Waals surface area (Å²) in [5.74, 6) is 0.980. The molecule has 1 aromatic heterocycles. The Balaban J connectivity index is 1.43. The van der Waals surface area contributed by atoms with E-state index in [0.717, 1.165) is 12.1 Å². The number of aromatic nitrogens is 1. The number of hydrogen-bond acceptors (Lipinski definition) is 5. The molecule has 3 heterocycles. The summed E-state index contributed by atoms with van der Waals surface area (Å²) in [5.41, 5.74) is 3.63. The second-order valence-electron chi connectivity index (χ2n) is 7.90. The summed E-state index contributed by atoms with van der Waals surface area (Å²) in [5, 5.41) is 2.99. The average molecular weight is 437 g/mol. The lowest BCUT2D eigenvalue weighted by Gasteiger charge is -2.34. The Morgan fingerprint density at radius 2 is 1.85 bits per heavy atom. The third kappa shape index (κ3) is 4.03. The first kappa shape index (κ1) is 20.7. The number of hydrogen-bond donors (Lipinski definition) is 1. The Bertz CT molecular complexity index is 1260. The first-order valence-corrected chi connectivity index (χ1v) is 10.9. The number of ketones is 1. The van der Waals surface area contributed by atoms with Crippen LogP contribution in [0.2, 0.25) is 0 Å². The second kappa shape index (κ2) is 8.74. The van der Waals surface area contributed by atoms with Gasteiger partial charge in [-0.25, -0.2) is 4.98 Å². The third-order valence-electron chi connectivity index (χ3n) is 5.83. The maximum Gasteiger partial charge on any atom is 0.251 e. The van der Waals surface area contributed by atoms with Gasteiger partial charge in [-0.1, -0.05) is 37.3 Å². The van der Waals surface area contributed by atoms with Crippen LogP contribution in [-0.2, 0) is 6.42 Å². The second-order valence-corrected chi connectivity index (χ2v) is 7.90. The highest BCUT2D eigenvalue weighted by Gasteiger charge is 2.35. The lowest BCUT2D eigenvalue weighted by molar-refractivity contribution is 0.0950. The van der Waals surface area contributed by atoms with Gasteiger partial charge in [-0.15, -0.1) is 0 Å². The highest BCUT2D eigenvalue weighted by molar-refractivity contribution is 6.13. The molecule has 1 N–H and O–H groups in total. The average Bonchev–Trinajstić information content (AvgIpc) is 2.87. The fourth-order valence-corrected chi connectivity index (χ4v) is 3.99. The van der Waals surface area contributed by atoms with Crippen molar-refractivity contribution in [2.75, 3.05) is 11.4 Å². The van der Waals surface area contributed by atoms with Crippen molar-refractivity contribution in [3.8, 4) is 5.75 Å². The summed E-state index contributed by atoms with van der Waals surface area (Å²) >= 11 is 0. The van der Waals surface area contributed by atoms with Crippen LogP contribution in [0.3, 0.4) is 0 Å². The maximum absolute atomic E-state index is 13.1. The van der Waals surface area contributed by atoms with Gasteiger partial charge in [0.05, 0.1) is 17.7 Å². The van der Waals surface area contributed by atoms with Crippen molar-refractivity contribution < 1.29 is 14.3 Å². The number of nitrogens with zero attached hydrogens (tertiary/aromatic N) is 2. The van der Waals surface area contributed by atoms with E-state index in [1.165, 1.54) is 5.56 Å². The van der Waals surface area contributed by atoms with Gasteiger partial charge in [0.2, 0.25) is 0 Å². The van der Waals surface area contributed by atoms with Gasteiger partial charge in [-0.3, -0.25) is 9.59 Å². The predicted octanol–water partition coefficient (Wildman–Crippen LogP) is 4.31. The van der Waals surface area contributed by atoms with Crippen LogP contribution in [0.4, 0.5) is 5.82 Å². The number of benzene rings is 2. The van der Waals surface area contributed by atoms with Crippen LogP contribution in [0.15, 0.2) is 96.5 Å². The minimum Gasteiger partial charge on any atom is -0.481 e. The number of nitrogens with one attached hydrogen (secondary N) is 1. The van der Waals surface area contributed by atoms with E-state index in [0.29, 0.717) is 28.3 Å². The van der Waals surface area contributed by atoms with E-state index < -0.39 is 6.10 Å². The maximum atomic E-state index is 13.1. The normalized spacial score (nSPS) is 16.7. The number of carbonyl (C=O) groups excluding carboxylic acids is 2. The van der Waals surface area contributed by atoms with Crippen LogP contribution in [0.5, 0.6) is 5.75 Å². The first-order chi connectivity index (χ1) is 16.1. The lowest BCUT2D eigenvalue weighted by Crippen LogP contribution is -2.39. The van der Waals surface area contributed by atoms with Crippen LogP contribution in [0.25, 0.3) is 0 Å². The molecule has 0 saturated heterocycles. The fraction of sp³-hybridized carbons (Fsp3) is 0.148. The predicted molar refractivity (Wildman–Crippen MR) is 126 cm³/mol. The van der Waals surface area contributed by atoms with Crippen LogP contribution in [0.1, 0.15) is 33.2 Å². The van der Waals surface area contributed by atoms with E-state index in [1.807, 2.05) is 65.6 Å². The van der Waals surface area contributed by atoms with E-state index in [-0.39, 0.29) is 18.2 Å². The highest BCUT2D eigenvalue weighted by Crippen LogP contribution is 2.35. The summed E-state index contributed by atoms with van der Waals surface area (Å²) in [7, 11) is 0. The van der Waals surface area contributed by atoms with Crippen molar-refractivity contribution in [2.45, 2.75) is 19.4 Å². The number of Topliss-reactive ketones (excluding diaryl/α,β-unsaturated/α-hetero) is 1. The molecule has 0 saturated carbocycles. The number of para-hydroxylation sites is 1. The third-order valence-corrected chi connectivity index (χ3v) is 5.83. The van der Waals surface area contributed by atoms with Crippen LogP contribution < -0.4 is 15.0 Å². The molecule has 164 valence electrons. The molecule has 2 aromatic carbocycles. The lowest BCUT2D eigenvalue weighted by atomic mass is 9.93. The van der Waals surface area contributed by atoms with E-state index >= 15 is 0 Å². The minimum atomic E-state index is -0.525. The zero-order valence-corrected chi connectivity index (χ0v) is 18.2. The molecular weight excluding hydrogens is 414 g/mol.